The first-order valence-corrected chi connectivity index (χ1v) is 7.99. The van der Waals surface area contributed by atoms with Gasteiger partial charge >= 0.3 is 12.1 Å². The van der Waals surface area contributed by atoms with Gasteiger partial charge < -0.3 is 9.84 Å². The largest absolute Gasteiger partial charge is 0.478 e. The smallest absolute Gasteiger partial charge is 0.411 e. The van der Waals surface area contributed by atoms with Gasteiger partial charge in [-0.25, -0.2) is 9.59 Å². The summed E-state index contributed by atoms with van der Waals surface area (Å²) >= 11 is 0. The van der Waals surface area contributed by atoms with E-state index < -0.39 is 18.2 Å². The number of benzene rings is 2. The summed E-state index contributed by atoms with van der Waals surface area (Å²) in [6.07, 6.45) is 0.875. The molecule has 0 saturated carbocycles. The number of para-hydroxylation sites is 1. The van der Waals surface area contributed by atoms with Crippen molar-refractivity contribution in [3.63, 3.8) is 0 Å². The maximum Gasteiger partial charge on any atom is 0.411 e. The van der Waals surface area contributed by atoms with E-state index in [9.17, 15) is 9.59 Å². The van der Waals surface area contributed by atoms with E-state index in [1.54, 1.807) is 6.92 Å². The molecule has 25 heavy (non-hydrogen) atoms. The number of hydrogen-bond acceptors (Lipinski definition) is 3. The molecule has 5 heteroatoms. The molecule has 0 bridgehead atoms. The van der Waals surface area contributed by atoms with E-state index in [2.05, 4.69) is 5.32 Å². The summed E-state index contributed by atoms with van der Waals surface area (Å²) in [5.41, 5.74) is 2.77. The lowest BCUT2D eigenvalue weighted by atomic mass is 10.0. The fourth-order valence-corrected chi connectivity index (χ4v) is 2.26. The molecule has 2 N–H and O–H groups in total. The molecule has 5 nitrogen and oxygen atoms in total. The molecular formula is C20H21NO4. The van der Waals surface area contributed by atoms with Crippen LogP contribution in [0.3, 0.4) is 0 Å². The Morgan fingerprint density at radius 1 is 1.12 bits per heavy atom. The third-order valence-corrected chi connectivity index (χ3v) is 3.65. The number of amides is 1. The van der Waals surface area contributed by atoms with Gasteiger partial charge in [0.15, 0.2) is 0 Å². The molecule has 0 fully saturated rings. The maximum absolute atomic E-state index is 12.1. The molecular weight excluding hydrogens is 318 g/mol. The molecule has 1 unspecified atom stereocenters. The standard InChI is InChI=1S/C20H21NO4/c1-14(19(22)23)12-13-15(2)25-20(24)21-18-11-7-6-10-17(18)16-8-4-3-5-9-16/h3-12,15H,13H2,1-2H3,(H,21,24)(H,22,23). The van der Waals surface area contributed by atoms with Gasteiger partial charge in [-0.15, -0.1) is 0 Å². The predicted molar refractivity (Wildman–Crippen MR) is 97.5 cm³/mol. The lowest BCUT2D eigenvalue weighted by Gasteiger charge is -2.15. The highest BCUT2D eigenvalue weighted by Crippen LogP contribution is 2.27. The minimum absolute atomic E-state index is 0.227. The molecule has 0 heterocycles. The average molecular weight is 339 g/mol. The van der Waals surface area contributed by atoms with E-state index in [-0.39, 0.29) is 5.57 Å². The highest BCUT2D eigenvalue weighted by molar-refractivity contribution is 5.91. The van der Waals surface area contributed by atoms with Crippen molar-refractivity contribution in [3.8, 4) is 11.1 Å². The van der Waals surface area contributed by atoms with Gasteiger partial charge in [-0.3, -0.25) is 5.32 Å². The predicted octanol–water partition coefficient (Wildman–Crippen LogP) is 4.71. The van der Waals surface area contributed by atoms with E-state index in [1.165, 1.54) is 13.0 Å². The summed E-state index contributed by atoms with van der Waals surface area (Å²) in [4.78, 5) is 22.9. The number of hydrogen-bond donors (Lipinski definition) is 2. The Labute approximate surface area is 146 Å². The third-order valence-electron chi connectivity index (χ3n) is 3.65. The van der Waals surface area contributed by atoms with Crippen LogP contribution in [0.4, 0.5) is 10.5 Å². The zero-order valence-electron chi connectivity index (χ0n) is 14.2. The first kappa shape index (κ1) is 18.3. The summed E-state index contributed by atoms with van der Waals surface area (Å²) in [5, 5.41) is 11.6. The molecule has 1 atom stereocenters. The van der Waals surface area contributed by atoms with E-state index in [0.29, 0.717) is 12.1 Å². The van der Waals surface area contributed by atoms with Crippen molar-refractivity contribution in [1.29, 1.82) is 0 Å². The molecule has 2 aromatic carbocycles. The van der Waals surface area contributed by atoms with Crippen LogP contribution in [0.25, 0.3) is 11.1 Å². The fraction of sp³-hybridized carbons (Fsp3) is 0.200. The molecule has 0 aromatic heterocycles. The normalized spacial score (nSPS) is 12.3. The van der Waals surface area contributed by atoms with Gasteiger partial charge in [0.1, 0.15) is 6.10 Å². The molecule has 1 amide bonds. The van der Waals surface area contributed by atoms with Crippen LogP contribution in [0.5, 0.6) is 0 Å². The second-order valence-electron chi connectivity index (χ2n) is 5.68. The topological polar surface area (TPSA) is 75.6 Å². The number of carbonyl (C=O) groups excluding carboxylic acids is 1. The molecule has 130 valence electrons. The zero-order chi connectivity index (χ0) is 18.2. The summed E-state index contributed by atoms with van der Waals surface area (Å²) in [5.74, 6) is -0.978. The van der Waals surface area contributed by atoms with Gasteiger partial charge in [-0.2, -0.15) is 0 Å². The van der Waals surface area contributed by atoms with Crippen molar-refractivity contribution in [2.45, 2.75) is 26.4 Å². The van der Waals surface area contributed by atoms with Gasteiger partial charge in [0.2, 0.25) is 0 Å². The average Bonchev–Trinajstić information content (AvgIpc) is 2.60. The third kappa shape index (κ3) is 5.49. The van der Waals surface area contributed by atoms with E-state index in [4.69, 9.17) is 9.84 Å². The Bertz CT molecular complexity index is 768. The molecule has 0 spiro atoms. The van der Waals surface area contributed by atoms with Crippen LogP contribution >= 0.6 is 0 Å². The summed E-state index contributed by atoms with van der Waals surface area (Å²) in [6, 6.07) is 17.2. The van der Waals surface area contributed by atoms with Gasteiger partial charge in [0.05, 0.1) is 5.69 Å². The second kappa shape index (κ2) is 8.68. The lowest BCUT2D eigenvalue weighted by Crippen LogP contribution is -2.20. The van der Waals surface area contributed by atoms with Crippen molar-refractivity contribution in [2.75, 3.05) is 5.32 Å². The highest BCUT2D eigenvalue weighted by Gasteiger charge is 2.12. The maximum atomic E-state index is 12.1. The molecule has 2 rings (SSSR count). The van der Waals surface area contributed by atoms with Crippen LogP contribution in [0.1, 0.15) is 20.3 Å². The molecule has 2 aromatic rings. The van der Waals surface area contributed by atoms with Crippen molar-refractivity contribution >= 4 is 17.7 Å². The molecule has 0 aliphatic heterocycles. The Morgan fingerprint density at radius 3 is 2.44 bits per heavy atom. The summed E-state index contributed by atoms with van der Waals surface area (Å²) in [6.45, 7) is 3.22. The van der Waals surface area contributed by atoms with E-state index in [1.807, 2.05) is 54.6 Å². The van der Waals surface area contributed by atoms with Gasteiger partial charge in [-0.1, -0.05) is 54.6 Å². The van der Waals surface area contributed by atoms with Crippen LogP contribution in [0.15, 0.2) is 66.2 Å². The number of nitrogens with one attached hydrogen (secondary N) is 1. The van der Waals surface area contributed by atoms with Crippen LogP contribution < -0.4 is 5.32 Å². The zero-order valence-corrected chi connectivity index (χ0v) is 14.2. The monoisotopic (exact) mass is 339 g/mol. The molecule has 0 radical (unpaired) electrons. The number of aliphatic carboxylic acids is 1. The lowest BCUT2D eigenvalue weighted by molar-refractivity contribution is -0.132. The Balaban J connectivity index is 2.02. The Morgan fingerprint density at radius 2 is 1.76 bits per heavy atom. The first-order valence-electron chi connectivity index (χ1n) is 7.99. The first-order chi connectivity index (χ1) is 12.0. The number of rotatable bonds is 6. The molecule has 0 aliphatic rings. The van der Waals surface area contributed by atoms with Crippen LogP contribution in [0.2, 0.25) is 0 Å². The fourth-order valence-electron chi connectivity index (χ4n) is 2.26. The minimum Gasteiger partial charge on any atom is -0.478 e. The van der Waals surface area contributed by atoms with Crippen LogP contribution in [0, 0.1) is 0 Å². The van der Waals surface area contributed by atoms with E-state index >= 15 is 0 Å². The van der Waals surface area contributed by atoms with E-state index in [0.717, 1.165) is 11.1 Å². The van der Waals surface area contributed by atoms with Gasteiger partial charge in [0, 0.05) is 17.6 Å². The number of ether oxygens (including phenoxy) is 1. The summed E-state index contributed by atoms with van der Waals surface area (Å²) < 4.78 is 5.29. The number of anilines is 1. The molecule has 0 aliphatic carbocycles. The van der Waals surface area contributed by atoms with Crippen LogP contribution in [-0.4, -0.2) is 23.3 Å². The minimum atomic E-state index is -0.978. The van der Waals surface area contributed by atoms with Crippen molar-refractivity contribution in [1.82, 2.24) is 0 Å². The van der Waals surface area contributed by atoms with Crippen LogP contribution in [-0.2, 0) is 9.53 Å². The number of carboxylic acids is 1. The van der Waals surface area contributed by atoms with Crippen molar-refractivity contribution < 1.29 is 19.4 Å². The van der Waals surface area contributed by atoms with Gasteiger partial charge in [-0.05, 0) is 25.5 Å². The SMILES string of the molecule is CC(=CCC(C)OC(=O)Nc1ccccc1-c1ccccc1)C(=O)O. The van der Waals surface area contributed by atoms with Crippen molar-refractivity contribution in [2.24, 2.45) is 0 Å². The molecule has 0 saturated heterocycles. The highest BCUT2D eigenvalue weighted by atomic mass is 16.6. The Kier molecular flexibility index (Phi) is 6.34. The number of carbonyl (C=O) groups is 2. The second-order valence-corrected chi connectivity index (χ2v) is 5.68. The number of carboxylic acid groups (broad SMARTS) is 1. The Hall–Kier alpha value is -3.08. The van der Waals surface area contributed by atoms with Gasteiger partial charge in [0.25, 0.3) is 0 Å². The quantitative estimate of drug-likeness (QED) is 0.747. The summed E-state index contributed by atoms with van der Waals surface area (Å²) in [7, 11) is 0. The van der Waals surface area contributed by atoms with Crippen molar-refractivity contribution in [3.05, 3.63) is 66.2 Å².